The number of benzene rings is 1. The number of carbonyl (C=O) groups is 1. The molecule has 1 fully saturated rings. The number of halogens is 2. The van der Waals surface area contributed by atoms with Crippen LogP contribution in [-0.2, 0) is 4.79 Å². The van der Waals surface area contributed by atoms with Crippen molar-refractivity contribution >= 4 is 11.6 Å². The zero-order valence-corrected chi connectivity index (χ0v) is 8.63. The van der Waals surface area contributed by atoms with Gasteiger partial charge in [-0.2, -0.15) is 0 Å². The Morgan fingerprint density at radius 3 is 2.62 bits per heavy atom. The number of rotatable bonds is 2. The van der Waals surface area contributed by atoms with E-state index in [9.17, 15) is 18.7 Å². The molecule has 86 valence electrons. The number of hydrogen-bond acceptors (Lipinski definition) is 2. The van der Waals surface area contributed by atoms with Gasteiger partial charge in [0.05, 0.1) is 0 Å². The van der Waals surface area contributed by atoms with Gasteiger partial charge in [-0.3, -0.25) is 4.79 Å². The van der Waals surface area contributed by atoms with E-state index in [1.54, 1.807) is 0 Å². The summed E-state index contributed by atoms with van der Waals surface area (Å²) in [5.74, 6) is -2.64. The maximum absolute atomic E-state index is 13.2. The SMILES string of the molecule is CC1CC1C(=O)Nc1c(O)cc(F)cc1F. The standard InChI is InChI=1S/C11H11F2NO2/c1-5-2-7(5)11(16)14-10-8(13)3-6(12)4-9(10)15/h3-5,7,15H,2H2,1H3,(H,14,16). The van der Waals surface area contributed by atoms with Gasteiger partial charge in [0.1, 0.15) is 17.3 Å². The molecule has 0 spiro atoms. The monoisotopic (exact) mass is 227 g/mol. The molecule has 1 saturated carbocycles. The van der Waals surface area contributed by atoms with E-state index in [0.717, 1.165) is 12.5 Å². The van der Waals surface area contributed by atoms with Crippen LogP contribution < -0.4 is 5.32 Å². The number of nitrogens with one attached hydrogen (secondary N) is 1. The van der Waals surface area contributed by atoms with E-state index in [4.69, 9.17) is 0 Å². The Balaban J connectivity index is 2.18. The summed E-state index contributed by atoms with van der Waals surface area (Å²) in [6, 6.07) is 1.38. The van der Waals surface area contributed by atoms with Crippen LogP contribution in [0.3, 0.4) is 0 Å². The van der Waals surface area contributed by atoms with E-state index in [-0.39, 0.29) is 23.4 Å². The first-order valence-corrected chi connectivity index (χ1v) is 4.98. The highest BCUT2D eigenvalue weighted by Crippen LogP contribution is 2.39. The molecule has 2 N–H and O–H groups in total. The molecular formula is C11H11F2NO2. The minimum absolute atomic E-state index is 0.135. The third-order valence-electron chi connectivity index (χ3n) is 2.73. The molecule has 1 aromatic carbocycles. The second-order valence-corrected chi connectivity index (χ2v) is 4.09. The van der Waals surface area contributed by atoms with Crippen molar-refractivity contribution in [2.45, 2.75) is 13.3 Å². The van der Waals surface area contributed by atoms with Crippen LogP contribution in [0.2, 0.25) is 0 Å². The molecule has 0 bridgehead atoms. The second kappa shape index (κ2) is 3.73. The maximum Gasteiger partial charge on any atom is 0.227 e. The predicted molar refractivity (Wildman–Crippen MR) is 53.9 cm³/mol. The Kier molecular flexibility index (Phi) is 2.53. The first-order chi connectivity index (χ1) is 7.49. The van der Waals surface area contributed by atoms with Gasteiger partial charge in [-0.25, -0.2) is 8.78 Å². The van der Waals surface area contributed by atoms with Crippen molar-refractivity contribution in [3.05, 3.63) is 23.8 Å². The van der Waals surface area contributed by atoms with Gasteiger partial charge in [0.2, 0.25) is 5.91 Å². The summed E-state index contributed by atoms with van der Waals surface area (Å²) >= 11 is 0. The van der Waals surface area contributed by atoms with Crippen LogP contribution in [0, 0.1) is 23.5 Å². The Morgan fingerprint density at radius 2 is 2.12 bits per heavy atom. The molecule has 3 nitrogen and oxygen atoms in total. The minimum Gasteiger partial charge on any atom is -0.506 e. The number of hydrogen-bond donors (Lipinski definition) is 2. The summed E-state index contributed by atoms with van der Waals surface area (Å²) in [6.07, 6.45) is 0.759. The lowest BCUT2D eigenvalue weighted by Crippen LogP contribution is -2.15. The van der Waals surface area contributed by atoms with Crippen molar-refractivity contribution in [1.29, 1.82) is 0 Å². The topological polar surface area (TPSA) is 49.3 Å². The molecule has 2 unspecified atom stereocenters. The zero-order valence-electron chi connectivity index (χ0n) is 8.63. The van der Waals surface area contributed by atoms with E-state index >= 15 is 0 Å². The number of aromatic hydroxyl groups is 1. The highest BCUT2D eigenvalue weighted by atomic mass is 19.1. The van der Waals surface area contributed by atoms with E-state index in [0.29, 0.717) is 6.07 Å². The lowest BCUT2D eigenvalue weighted by molar-refractivity contribution is -0.117. The van der Waals surface area contributed by atoms with Crippen molar-refractivity contribution in [3.63, 3.8) is 0 Å². The minimum atomic E-state index is -0.973. The Labute approximate surface area is 91.1 Å². The third kappa shape index (κ3) is 1.98. The van der Waals surface area contributed by atoms with E-state index in [1.807, 2.05) is 6.92 Å². The normalized spacial score (nSPS) is 22.9. The fourth-order valence-corrected chi connectivity index (χ4v) is 1.59. The quantitative estimate of drug-likeness (QED) is 0.761. The number of carbonyl (C=O) groups excluding carboxylic acids is 1. The number of phenols is 1. The third-order valence-corrected chi connectivity index (χ3v) is 2.73. The average molecular weight is 227 g/mol. The van der Waals surface area contributed by atoms with Crippen LogP contribution in [0.4, 0.5) is 14.5 Å². The van der Waals surface area contributed by atoms with Crippen LogP contribution >= 0.6 is 0 Å². The van der Waals surface area contributed by atoms with Crippen molar-refractivity contribution in [1.82, 2.24) is 0 Å². The van der Waals surface area contributed by atoms with E-state index < -0.39 is 17.4 Å². The van der Waals surface area contributed by atoms with Gasteiger partial charge < -0.3 is 10.4 Å². The fraction of sp³-hybridized carbons (Fsp3) is 0.364. The van der Waals surface area contributed by atoms with Gasteiger partial charge in [0.15, 0.2) is 5.82 Å². The molecule has 2 rings (SSSR count). The van der Waals surface area contributed by atoms with E-state index in [2.05, 4.69) is 5.32 Å². The Bertz CT molecular complexity index is 425. The number of amides is 1. The van der Waals surface area contributed by atoms with Crippen molar-refractivity contribution in [3.8, 4) is 5.75 Å². The lowest BCUT2D eigenvalue weighted by atomic mass is 10.2. The molecule has 5 heteroatoms. The molecule has 16 heavy (non-hydrogen) atoms. The molecule has 0 aromatic heterocycles. The molecule has 0 heterocycles. The van der Waals surface area contributed by atoms with Crippen LogP contribution in [-0.4, -0.2) is 11.0 Å². The van der Waals surface area contributed by atoms with E-state index in [1.165, 1.54) is 0 Å². The summed E-state index contributed by atoms with van der Waals surface area (Å²) in [7, 11) is 0. The molecule has 1 amide bonds. The lowest BCUT2D eigenvalue weighted by Gasteiger charge is -2.08. The maximum atomic E-state index is 13.2. The van der Waals surface area contributed by atoms with Gasteiger partial charge in [-0.1, -0.05) is 6.92 Å². The van der Waals surface area contributed by atoms with Gasteiger partial charge in [-0.05, 0) is 12.3 Å². The van der Waals surface area contributed by atoms with Crippen molar-refractivity contribution in [2.24, 2.45) is 11.8 Å². The summed E-state index contributed by atoms with van der Waals surface area (Å²) in [6.45, 7) is 1.91. The Morgan fingerprint density at radius 1 is 1.50 bits per heavy atom. The number of phenolic OH excluding ortho intramolecular Hbond substituents is 1. The molecule has 1 aromatic rings. The molecular weight excluding hydrogens is 216 g/mol. The van der Waals surface area contributed by atoms with Crippen molar-refractivity contribution in [2.75, 3.05) is 5.32 Å². The van der Waals surface area contributed by atoms with Crippen molar-refractivity contribution < 1.29 is 18.7 Å². The molecule has 0 saturated heterocycles. The molecule has 0 radical (unpaired) electrons. The van der Waals surface area contributed by atoms with Crippen LogP contribution in [0.25, 0.3) is 0 Å². The molecule has 2 atom stereocenters. The predicted octanol–water partition coefficient (Wildman–Crippen LogP) is 2.26. The molecule has 1 aliphatic carbocycles. The summed E-state index contributed by atoms with van der Waals surface area (Å²) < 4.78 is 25.9. The van der Waals surface area contributed by atoms with Gasteiger partial charge in [0.25, 0.3) is 0 Å². The van der Waals surface area contributed by atoms with Gasteiger partial charge in [0, 0.05) is 18.1 Å². The van der Waals surface area contributed by atoms with Crippen LogP contribution in [0.5, 0.6) is 5.75 Å². The van der Waals surface area contributed by atoms with Gasteiger partial charge >= 0.3 is 0 Å². The van der Waals surface area contributed by atoms with Gasteiger partial charge in [-0.15, -0.1) is 0 Å². The highest BCUT2D eigenvalue weighted by molar-refractivity contribution is 5.95. The second-order valence-electron chi connectivity index (χ2n) is 4.09. The molecule has 1 aliphatic rings. The fourth-order valence-electron chi connectivity index (χ4n) is 1.59. The summed E-state index contributed by atoms with van der Waals surface area (Å²) in [5.41, 5.74) is -0.356. The smallest absolute Gasteiger partial charge is 0.227 e. The highest BCUT2D eigenvalue weighted by Gasteiger charge is 2.39. The van der Waals surface area contributed by atoms with Crippen LogP contribution in [0.1, 0.15) is 13.3 Å². The number of anilines is 1. The van der Waals surface area contributed by atoms with Crippen LogP contribution in [0.15, 0.2) is 12.1 Å². The first-order valence-electron chi connectivity index (χ1n) is 4.98. The largest absolute Gasteiger partial charge is 0.506 e. The first kappa shape index (κ1) is 10.9. The summed E-state index contributed by atoms with van der Waals surface area (Å²) in [4.78, 5) is 11.5. The summed E-state index contributed by atoms with van der Waals surface area (Å²) in [5, 5.41) is 11.6. The zero-order chi connectivity index (χ0) is 11.9. The molecule has 0 aliphatic heterocycles. The average Bonchev–Trinajstić information content (AvgIpc) is 2.88. The Hall–Kier alpha value is -1.65.